The Labute approximate surface area is 146 Å². The van der Waals surface area contributed by atoms with Gasteiger partial charge in [0.25, 0.3) is 0 Å². The second-order valence-corrected chi connectivity index (χ2v) is 5.82. The Hall–Kier alpha value is -2.87. The first-order valence-electron chi connectivity index (χ1n) is 7.98. The molecule has 1 saturated heterocycles. The third-order valence-electron chi connectivity index (χ3n) is 4.12. The lowest BCUT2D eigenvalue weighted by molar-refractivity contribution is 0.0600. The highest BCUT2D eigenvalue weighted by Gasteiger charge is 2.20. The van der Waals surface area contributed by atoms with E-state index in [1.165, 1.54) is 13.4 Å². The van der Waals surface area contributed by atoms with Crippen LogP contribution in [0.3, 0.4) is 0 Å². The Morgan fingerprint density at radius 2 is 1.80 bits per heavy atom. The van der Waals surface area contributed by atoms with Gasteiger partial charge in [-0.05, 0) is 31.3 Å². The summed E-state index contributed by atoms with van der Waals surface area (Å²) in [5.41, 5.74) is 7.07. The smallest absolute Gasteiger partial charge is 0.337 e. The maximum atomic E-state index is 11.5. The first-order valence-corrected chi connectivity index (χ1v) is 7.98. The average molecular weight is 343 g/mol. The quantitative estimate of drug-likeness (QED) is 0.833. The fourth-order valence-corrected chi connectivity index (χ4v) is 2.61. The number of nitrogens with zero attached hydrogens (tertiary/aromatic N) is 4. The van der Waals surface area contributed by atoms with E-state index in [1.54, 1.807) is 24.3 Å². The van der Waals surface area contributed by atoms with Crippen molar-refractivity contribution in [2.24, 2.45) is 0 Å². The van der Waals surface area contributed by atoms with Crippen LogP contribution in [0.1, 0.15) is 10.4 Å². The number of piperazine rings is 1. The largest absolute Gasteiger partial charge is 0.465 e. The average Bonchev–Trinajstić information content (AvgIpc) is 2.64. The van der Waals surface area contributed by atoms with Gasteiger partial charge in [-0.3, -0.25) is 0 Å². The van der Waals surface area contributed by atoms with Crippen LogP contribution in [0, 0.1) is 0 Å². The summed E-state index contributed by atoms with van der Waals surface area (Å²) in [5, 5.41) is 0. The molecule has 2 N–H and O–H groups in total. The normalized spacial score (nSPS) is 15.0. The van der Waals surface area contributed by atoms with E-state index in [4.69, 9.17) is 10.5 Å². The summed E-state index contributed by atoms with van der Waals surface area (Å²) in [6, 6.07) is 6.59. The number of likely N-dealkylation sites (N-methyl/N-ethyl adjacent to an activating group) is 1. The molecular formula is C17H21N5O3. The summed E-state index contributed by atoms with van der Waals surface area (Å²) in [6.45, 7) is 3.61. The molecule has 2 aromatic rings. The van der Waals surface area contributed by atoms with Gasteiger partial charge < -0.3 is 25.0 Å². The highest BCUT2D eigenvalue weighted by atomic mass is 16.5. The van der Waals surface area contributed by atoms with E-state index >= 15 is 0 Å². The van der Waals surface area contributed by atoms with E-state index in [0.717, 1.165) is 26.2 Å². The van der Waals surface area contributed by atoms with Gasteiger partial charge in [0.05, 0.1) is 12.7 Å². The fourth-order valence-electron chi connectivity index (χ4n) is 2.61. The second kappa shape index (κ2) is 7.35. The molecule has 1 aliphatic rings. The minimum atomic E-state index is -0.398. The number of hydrogen-bond acceptors (Lipinski definition) is 8. The van der Waals surface area contributed by atoms with Crippen LogP contribution in [0.5, 0.6) is 11.6 Å². The van der Waals surface area contributed by atoms with Gasteiger partial charge in [0.15, 0.2) is 5.82 Å². The van der Waals surface area contributed by atoms with E-state index < -0.39 is 5.97 Å². The number of nitrogens with two attached hydrogens (primary N) is 1. The molecule has 3 rings (SSSR count). The first-order chi connectivity index (χ1) is 12.1. The lowest BCUT2D eigenvalue weighted by Crippen LogP contribution is -2.45. The number of benzene rings is 1. The van der Waals surface area contributed by atoms with Crippen molar-refractivity contribution in [1.82, 2.24) is 14.9 Å². The van der Waals surface area contributed by atoms with Crippen molar-refractivity contribution < 1.29 is 14.3 Å². The highest BCUT2D eigenvalue weighted by Crippen LogP contribution is 2.31. The molecule has 0 spiro atoms. The Bertz CT molecular complexity index is 742. The van der Waals surface area contributed by atoms with Crippen molar-refractivity contribution in [3.8, 4) is 11.6 Å². The molecule has 1 aliphatic heterocycles. The Morgan fingerprint density at radius 3 is 2.44 bits per heavy atom. The van der Waals surface area contributed by atoms with Crippen LogP contribution in [0.4, 0.5) is 11.5 Å². The number of ether oxygens (including phenoxy) is 2. The van der Waals surface area contributed by atoms with Crippen LogP contribution in [-0.2, 0) is 4.74 Å². The second-order valence-electron chi connectivity index (χ2n) is 5.82. The van der Waals surface area contributed by atoms with E-state index in [1.807, 2.05) is 0 Å². The maximum Gasteiger partial charge on any atom is 0.337 e. The van der Waals surface area contributed by atoms with Gasteiger partial charge in [-0.1, -0.05) is 0 Å². The number of nitrogen functional groups attached to an aromatic ring is 1. The number of anilines is 2. The monoisotopic (exact) mass is 343 g/mol. The topological polar surface area (TPSA) is 93.8 Å². The Kier molecular flexibility index (Phi) is 4.99. The van der Waals surface area contributed by atoms with Gasteiger partial charge in [0.1, 0.15) is 17.8 Å². The molecule has 0 radical (unpaired) electrons. The van der Waals surface area contributed by atoms with Crippen LogP contribution in [0.25, 0.3) is 0 Å². The van der Waals surface area contributed by atoms with Gasteiger partial charge in [-0.25, -0.2) is 9.78 Å². The molecule has 0 unspecified atom stereocenters. The number of aromatic nitrogens is 2. The summed E-state index contributed by atoms with van der Waals surface area (Å²) in [4.78, 5) is 24.3. The molecule has 2 heterocycles. The van der Waals surface area contributed by atoms with Crippen LogP contribution >= 0.6 is 0 Å². The summed E-state index contributed by atoms with van der Waals surface area (Å²) in [6.07, 6.45) is 1.45. The van der Waals surface area contributed by atoms with Gasteiger partial charge in [0, 0.05) is 26.2 Å². The zero-order valence-corrected chi connectivity index (χ0v) is 14.3. The number of rotatable bonds is 4. The van der Waals surface area contributed by atoms with Crippen molar-refractivity contribution in [1.29, 1.82) is 0 Å². The molecule has 132 valence electrons. The molecule has 1 aromatic heterocycles. The summed E-state index contributed by atoms with van der Waals surface area (Å²) < 4.78 is 10.4. The van der Waals surface area contributed by atoms with E-state index in [0.29, 0.717) is 28.7 Å². The van der Waals surface area contributed by atoms with Gasteiger partial charge in [0.2, 0.25) is 5.88 Å². The molecule has 1 fully saturated rings. The molecule has 8 heteroatoms. The lowest BCUT2D eigenvalue weighted by atomic mass is 10.2. The molecule has 0 bridgehead atoms. The maximum absolute atomic E-state index is 11.5. The van der Waals surface area contributed by atoms with Gasteiger partial charge >= 0.3 is 5.97 Å². The highest BCUT2D eigenvalue weighted by molar-refractivity contribution is 5.89. The van der Waals surface area contributed by atoms with Crippen LogP contribution < -0.4 is 15.4 Å². The molecule has 1 aromatic carbocycles. The van der Waals surface area contributed by atoms with E-state index in [9.17, 15) is 4.79 Å². The molecule has 25 heavy (non-hydrogen) atoms. The summed E-state index contributed by atoms with van der Waals surface area (Å²) in [5.74, 6) is 1.12. The number of methoxy groups -OCH3 is 1. The molecule has 0 amide bonds. The van der Waals surface area contributed by atoms with Crippen LogP contribution in [-0.4, -0.2) is 61.2 Å². The summed E-state index contributed by atoms with van der Waals surface area (Å²) >= 11 is 0. The summed E-state index contributed by atoms with van der Waals surface area (Å²) in [7, 11) is 3.43. The van der Waals surface area contributed by atoms with Crippen molar-refractivity contribution >= 4 is 17.5 Å². The first kappa shape index (κ1) is 17.0. The zero-order valence-electron chi connectivity index (χ0n) is 14.3. The number of carbonyl (C=O) groups excluding carboxylic acids is 1. The van der Waals surface area contributed by atoms with Crippen LogP contribution in [0.15, 0.2) is 30.6 Å². The van der Waals surface area contributed by atoms with Crippen LogP contribution in [0.2, 0.25) is 0 Å². The number of carbonyl (C=O) groups is 1. The fraction of sp³-hybridized carbons (Fsp3) is 0.353. The predicted octanol–water partition coefficient (Wildman–Crippen LogP) is 1.39. The van der Waals surface area contributed by atoms with Crippen molar-refractivity contribution in [2.45, 2.75) is 0 Å². The van der Waals surface area contributed by atoms with Gasteiger partial charge in [-0.15, -0.1) is 0 Å². The SMILES string of the molecule is COC(=O)c1ccc(Oc2ncnc(N3CCN(C)CC3)c2N)cc1. The number of hydrogen-bond donors (Lipinski definition) is 1. The molecule has 0 saturated carbocycles. The third-order valence-corrected chi connectivity index (χ3v) is 4.12. The van der Waals surface area contributed by atoms with E-state index in [-0.39, 0.29) is 0 Å². The molecule has 0 atom stereocenters. The Balaban J connectivity index is 1.77. The molecule has 0 aliphatic carbocycles. The molecule has 8 nitrogen and oxygen atoms in total. The minimum Gasteiger partial charge on any atom is -0.465 e. The van der Waals surface area contributed by atoms with Gasteiger partial charge in [-0.2, -0.15) is 4.98 Å². The number of esters is 1. The third kappa shape index (κ3) is 3.80. The lowest BCUT2D eigenvalue weighted by Gasteiger charge is -2.33. The Morgan fingerprint density at radius 1 is 1.12 bits per heavy atom. The minimum absolute atomic E-state index is 0.301. The van der Waals surface area contributed by atoms with Crippen molar-refractivity contribution in [3.63, 3.8) is 0 Å². The van der Waals surface area contributed by atoms with E-state index in [2.05, 4.69) is 31.6 Å². The predicted molar refractivity (Wildman–Crippen MR) is 94.0 cm³/mol. The van der Waals surface area contributed by atoms with Crippen molar-refractivity contribution in [2.75, 3.05) is 51.0 Å². The molecular weight excluding hydrogens is 322 g/mol. The standard InChI is InChI=1S/C17H21N5O3/c1-21-7-9-22(10-8-21)15-14(18)16(20-11-19-15)25-13-5-3-12(4-6-13)17(23)24-2/h3-6,11H,7-10,18H2,1-2H3. The zero-order chi connectivity index (χ0) is 17.8. The van der Waals surface area contributed by atoms with Crippen molar-refractivity contribution in [3.05, 3.63) is 36.2 Å².